The number of aromatic nitrogens is 1. The Kier molecular flexibility index (Phi) is 3.96. The molecular formula is C21H19FN2O. The first-order valence-electron chi connectivity index (χ1n) is 8.53. The predicted molar refractivity (Wildman–Crippen MR) is 95.8 cm³/mol. The van der Waals surface area contributed by atoms with Gasteiger partial charge in [0.1, 0.15) is 5.82 Å². The number of aryl methyl sites for hydroxylation is 1. The molecule has 0 bridgehead atoms. The Labute approximate surface area is 146 Å². The second-order valence-electron chi connectivity index (χ2n) is 6.62. The van der Waals surface area contributed by atoms with E-state index in [0.29, 0.717) is 23.0 Å². The van der Waals surface area contributed by atoms with Crippen LogP contribution in [0.5, 0.6) is 0 Å². The molecule has 1 heterocycles. The molecule has 3 nitrogen and oxygen atoms in total. The van der Waals surface area contributed by atoms with Gasteiger partial charge in [0.05, 0.1) is 11.1 Å². The summed E-state index contributed by atoms with van der Waals surface area (Å²) in [7, 11) is 0. The summed E-state index contributed by atoms with van der Waals surface area (Å²) in [6.45, 7) is 2.42. The molecule has 0 radical (unpaired) electrons. The first kappa shape index (κ1) is 15.8. The van der Waals surface area contributed by atoms with Crippen LogP contribution in [0.25, 0.3) is 10.9 Å². The third-order valence-corrected chi connectivity index (χ3v) is 4.57. The van der Waals surface area contributed by atoms with Gasteiger partial charge in [0.2, 0.25) is 0 Å². The number of pyridine rings is 1. The molecule has 0 aliphatic heterocycles. The molecule has 0 atom stereocenters. The molecule has 126 valence electrons. The number of benzene rings is 2. The zero-order chi connectivity index (χ0) is 17.4. The number of halogens is 1. The van der Waals surface area contributed by atoms with Crippen LogP contribution in [-0.2, 0) is 6.54 Å². The molecule has 3 aromatic rings. The minimum Gasteiger partial charge on any atom is -0.331 e. The predicted octanol–water partition coefficient (Wildman–Crippen LogP) is 4.49. The number of nitrogens with zero attached hydrogens (tertiary/aromatic N) is 2. The van der Waals surface area contributed by atoms with E-state index in [9.17, 15) is 9.18 Å². The Morgan fingerprint density at radius 2 is 1.92 bits per heavy atom. The molecule has 0 unspecified atom stereocenters. The van der Waals surface area contributed by atoms with E-state index in [1.807, 2.05) is 48.2 Å². The number of carbonyl (C=O) groups excluding carboxylic acids is 1. The summed E-state index contributed by atoms with van der Waals surface area (Å²) in [6.07, 6.45) is 2.07. The highest BCUT2D eigenvalue weighted by Crippen LogP contribution is 2.31. The van der Waals surface area contributed by atoms with Crippen LogP contribution < -0.4 is 0 Å². The minimum atomic E-state index is -0.340. The third-order valence-electron chi connectivity index (χ3n) is 4.57. The summed E-state index contributed by atoms with van der Waals surface area (Å²) < 4.78 is 13.6. The van der Waals surface area contributed by atoms with Crippen molar-refractivity contribution in [2.75, 3.05) is 0 Å². The van der Waals surface area contributed by atoms with Crippen molar-refractivity contribution in [3.8, 4) is 0 Å². The summed E-state index contributed by atoms with van der Waals surface area (Å²) >= 11 is 0. The van der Waals surface area contributed by atoms with E-state index < -0.39 is 0 Å². The van der Waals surface area contributed by atoms with Gasteiger partial charge in [-0.25, -0.2) is 4.39 Å². The van der Waals surface area contributed by atoms with Gasteiger partial charge in [0.15, 0.2) is 0 Å². The van der Waals surface area contributed by atoms with E-state index in [1.54, 1.807) is 6.07 Å². The molecule has 1 amide bonds. The van der Waals surface area contributed by atoms with E-state index in [-0.39, 0.29) is 17.8 Å². The fraction of sp³-hybridized carbons (Fsp3) is 0.238. The normalized spacial score (nSPS) is 13.8. The summed E-state index contributed by atoms with van der Waals surface area (Å²) in [6, 6.07) is 16.5. The van der Waals surface area contributed by atoms with Crippen LogP contribution in [0.3, 0.4) is 0 Å². The highest BCUT2D eigenvalue weighted by molar-refractivity contribution is 6.06. The molecule has 4 heteroatoms. The first-order chi connectivity index (χ1) is 12.1. The van der Waals surface area contributed by atoms with Crippen molar-refractivity contribution in [3.05, 3.63) is 77.2 Å². The van der Waals surface area contributed by atoms with E-state index in [4.69, 9.17) is 0 Å². The fourth-order valence-electron chi connectivity index (χ4n) is 3.20. The molecule has 1 fully saturated rings. The summed E-state index contributed by atoms with van der Waals surface area (Å²) in [5, 5.41) is 0.704. The number of rotatable bonds is 4. The van der Waals surface area contributed by atoms with E-state index >= 15 is 0 Å². The topological polar surface area (TPSA) is 33.2 Å². The quantitative estimate of drug-likeness (QED) is 0.704. The fourth-order valence-corrected chi connectivity index (χ4v) is 3.20. The van der Waals surface area contributed by atoms with Crippen molar-refractivity contribution in [3.63, 3.8) is 0 Å². The standard InChI is InChI=1S/C21H19FN2O/c1-14-11-19(18-10-7-16(22)12-20(18)23-14)21(25)24(17-8-9-17)13-15-5-3-2-4-6-15/h2-7,10-12,17H,8-9,13H2,1H3. The van der Waals surface area contributed by atoms with Crippen LogP contribution in [0.1, 0.15) is 34.5 Å². The van der Waals surface area contributed by atoms with Crippen molar-refractivity contribution in [1.82, 2.24) is 9.88 Å². The largest absolute Gasteiger partial charge is 0.331 e. The van der Waals surface area contributed by atoms with Gasteiger partial charge in [-0.1, -0.05) is 30.3 Å². The van der Waals surface area contributed by atoms with Crippen molar-refractivity contribution in [2.45, 2.75) is 32.4 Å². The average molecular weight is 334 g/mol. The molecule has 1 saturated carbocycles. The van der Waals surface area contributed by atoms with Crippen LogP contribution in [0.15, 0.2) is 54.6 Å². The Hall–Kier alpha value is -2.75. The maximum atomic E-state index is 13.6. The molecule has 0 N–H and O–H groups in total. The maximum Gasteiger partial charge on any atom is 0.255 e. The van der Waals surface area contributed by atoms with Crippen molar-refractivity contribution in [1.29, 1.82) is 0 Å². The van der Waals surface area contributed by atoms with E-state index in [2.05, 4.69) is 4.98 Å². The highest BCUT2D eigenvalue weighted by Gasteiger charge is 2.33. The van der Waals surface area contributed by atoms with Gasteiger partial charge in [0.25, 0.3) is 5.91 Å². The van der Waals surface area contributed by atoms with Gasteiger partial charge >= 0.3 is 0 Å². The minimum absolute atomic E-state index is 0.00605. The van der Waals surface area contributed by atoms with Crippen LogP contribution in [0.4, 0.5) is 4.39 Å². The van der Waals surface area contributed by atoms with Gasteiger partial charge in [-0.2, -0.15) is 0 Å². The van der Waals surface area contributed by atoms with Crippen molar-refractivity contribution < 1.29 is 9.18 Å². The van der Waals surface area contributed by atoms with Crippen LogP contribution >= 0.6 is 0 Å². The Balaban J connectivity index is 1.74. The van der Waals surface area contributed by atoms with Gasteiger partial charge < -0.3 is 4.90 Å². The van der Waals surface area contributed by atoms with Crippen LogP contribution in [0.2, 0.25) is 0 Å². The van der Waals surface area contributed by atoms with Gasteiger partial charge in [-0.15, -0.1) is 0 Å². The Morgan fingerprint density at radius 3 is 2.64 bits per heavy atom. The number of amides is 1. The molecule has 2 aromatic carbocycles. The van der Waals surface area contributed by atoms with Crippen LogP contribution in [0, 0.1) is 12.7 Å². The zero-order valence-corrected chi connectivity index (χ0v) is 14.1. The lowest BCUT2D eigenvalue weighted by molar-refractivity contribution is 0.0731. The molecule has 0 saturated heterocycles. The van der Waals surface area contributed by atoms with Gasteiger partial charge in [-0.3, -0.25) is 9.78 Å². The summed E-state index contributed by atoms with van der Waals surface area (Å²) in [4.78, 5) is 19.6. The molecule has 1 aliphatic carbocycles. The smallest absolute Gasteiger partial charge is 0.255 e. The van der Waals surface area contributed by atoms with E-state index in [0.717, 1.165) is 24.1 Å². The lowest BCUT2D eigenvalue weighted by Gasteiger charge is -2.23. The number of hydrogen-bond donors (Lipinski definition) is 0. The summed E-state index contributed by atoms with van der Waals surface area (Å²) in [5.41, 5.74) is 2.96. The van der Waals surface area contributed by atoms with Crippen LogP contribution in [-0.4, -0.2) is 21.8 Å². The second kappa shape index (κ2) is 6.28. The van der Waals surface area contributed by atoms with Gasteiger partial charge in [-0.05, 0) is 43.5 Å². The van der Waals surface area contributed by atoms with Crippen molar-refractivity contribution in [2.24, 2.45) is 0 Å². The maximum absolute atomic E-state index is 13.6. The average Bonchev–Trinajstić information content (AvgIpc) is 3.44. The second-order valence-corrected chi connectivity index (χ2v) is 6.62. The SMILES string of the molecule is Cc1cc(C(=O)N(Cc2ccccc2)C2CC2)c2ccc(F)cc2n1. The molecule has 25 heavy (non-hydrogen) atoms. The monoisotopic (exact) mass is 334 g/mol. The Morgan fingerprint density at radius 1 is 1.16 bits per heavy atom. The van der Waals surface area contributed by atoms with Gasteiger partial charge in [0, 0.05) is 29.7 Å². The number of fused-ring (bicyclic) bond motifs is 1. The Bertz CT molecular complexity index is 930. The first-order valence-corrected chi connectivity index (χ1v) is 8.53. The lowest BCUT2D eigenvalue weighted by Crippen LogP contribution is -2.32. The molecule has 0 spiro atoms. The zero-order valence-electron chi connectivity index (χ0n) is 14.1. The lowest BCUT2D eigenvalue weighted by atomic mass is 10.1. The summed E-state index contributed by atoms with van der Waals surface area (Å²) in [5.74, 6) is -0.346. The molecule has 1 aliphatic rings. The third kappa shape index (κ3) is 3.25. The van der Waals surface area contributed by atoms with E-state index in [1.165, 1.54) is 12.1 Å². The number of carbonyl (C=O) groups is 1. The number of hydrogen-bond acceptors (Lipinski definition) is 2. The molecule has 1 aromatic heterocycles. The van der Waals surface area contributed by atoms with Crippen molar-refractivity contribution >= 4 is 16.8 Å². The molecular weight excluding hydrogens is 315 g/mol. The molecule has 4 rings (SSSR count). The highest BCUT2D eigenvalue weighted by atomic mass is 19.1.